The molecule has 2 aromatic rings. The van der Waals surface area contributed by atoms with E-state index >= 15 is 0 Å². The van der Waals surface area contributed by atoms with Crippen molar-refractivity contribution in [2.75, 3.05) is 0 Å². The second-order valence-electron chi connectivity index (χ2n) is 3.84. The average molecular weight is 254 g/mol. The highest BCUT2D eigenvalue weighted by atomic mass is 35.5. The molecule has 1 aromatic heterocycles. The average Bonchev–Trinajstić information content (AvgIpc) is 2.69. The summed E-state index contributed by atoms with van der Waals surface area (Å²) in [5, 5.41) is 4.19. The largest absolute Gasteiger partial charge is 0.320 e. The van der Waals surface area contributed by atoms with Gasteiger partial charge in [-0.05, 0) is 52.9 Å². The topological polar surface area (TPSA) is 26.0 Å². The lowest BCUT2D eigenvalue weighted by atomic mass is 9.93. The first-order valence-electron chi connectivity index (χ1n) is 5.04. The molecule has 0 unspecified atom stereocenters. The number of rotatable bonds is 2. The lowest BCUT2D eigenvalue weighted by Crippen LogP contribution is -2.13. The van der Waals surface area contributed by atoms with E-state index < -0.39 is 0 Å². The van der Waals surface area contributed by atoms with Crippen molar-refractivity contribution < 1.29 is 0 Å². The van der Waals surface area contributed by atoms with Gasteiger partial charge in [-0.1, -0.05) is 18.2 Å². The summed E-state index contributed by atoms with van der Waals surface area (Å²) in [4.78, 5) is 0. The van der Waals surface area contributed by atoms with Crippen molar-refractivity contribution in [2.24, 2.45) is 5.73 Å². The molecular weight excluding hydrogens is 238 g/mol. The molecule has 0 aliphatic heterocycles. The number of hydrogen-bond acceptors (Lipinski definition) is 2. The number of aryl methyl sites for hydroxylation is 2. The number of hydrogen-bond donors (Lipinski definition) is 1. The molecule has 1 nitrogen and oxygen atoms in total. The Morgan fingerprint density at radius 3 is 2.25 bits per heavy atom. The molecule has 3 heteroatoms. The number of thiophene rings is 1. The zero-order chi connectivity index (χ0) is 10.8. The van der Waals surface area contributed by atoms with Crippen molar-refractivity contribution in [1.82, 2.24) is 0 Å². The highest BCUT2D eigenvalue weighted by molar-refractivity contribution is 7.08. The lowest BCUT2D eigenvalue weighted by molar-refractivity contribution is 0.856. The van der Waals surface area contributed by atoms with E-state index in [2.05, 4.69) is 48.9 Å². The van der Waals surface area contributed by atoms with Crippen LogP contribution in [0.15, 0.2) is 35.0 Å². The fraction of sp³-hybridized carbons (Fsp3) is 0.231. The van der Waals surface area contributed by atoms with Crippen LogP contribution in [0.5, 0.6) is 0 Å². The molecule has 0 saturated heterocycles. The van der Waals surface area contributed by atoms with Gasteiger partial charge in [0.15, 0.2) is 0 Å². The van der Waals surface area contributed by atoms with Gasteiger partial charge in [0.05, 0.1) is 6.04 Å². The second-order valence-corrected chi connectivity index (χ2v) is 4.62. The van der Waals surface area contributed by atoms with E-state index in [1.165, 1.54) is 22.3 Å². The van der Waals surface area contributed by atoms with Crippen LogP contribution in [0.4, 0.5) is 0 Å². The van der Waals surface area contributed by atoms with Crippen LogP contribution in [0, 0.1) is 13.8 Å². The summed E-state index contributed by atoms with van der Waals surface area (Å²) in [6.45, 7) is 4.24. The minimum atomic E-state index is 0. The van der Waals surface area contributed by atoms with Gasteiger partial charge in [-0.3, -0.25) is 0 Å². The lowest BCUT2D eigenvalue weighted by Gasteiger charge is -2.16. The quantitative estimate of drug-likeness (QED) is 0.865. The van der Waals surface area contributed by atoms with E-state index in [-0.39, 0.29) is 18.4 Å². The van der Waals surface area contributed by atoms with Gasteiger partial charge in [0, 0.05) is 0 Å². The fourth-order valence-electron chi connectivity index (χ4n) is 1.94. The minimum Gasteiger partial charge on any atom is -0.320 e. The van der Waals surface area contributed by atoms with Crippen LogP contribution >= 0.6 is 23.7 Å². The first kappa shape index (κ1) is 13.2. The molecule has 0 aliphatic carbocycles. The van der Waals surface area contributed by atoms with E-state index in [0.29, 0.717) is 0 Å². The van der Waals surface area contributed by atoms with Crippen LogP contribution in [-0.4, -0.2) is 0 Å². The van der Waals surface area contributed by atoms with Crippen LogP contribution in [0.3, 0.4) is 0 Å². The van der Waals surface area contributed by atoms with Gasteiger partial charge in [0.1, 0.15) is 0 Å². The molecule has 1 atom stereocenters. The van der Waals surface area contributed by atoms with Gasteiger partial charge in [-0.15, -0.1) is 12.4 Å². The smallest absolute Gasteiger partial charge is 0.0565 e. The number of nitrogens with two attached hydrogens (primary N) is 1. The van der Waals surface area contributed by atoms with Crippen LogP contribution in [0.2, 0.25) is 0 Å². The van der Waals surface area contributed by atoms with Crippen LogP contribution in [-0.2, 0) is 0 Å². The summed E-state index contributed by atoms with van der Waals surface area (Å²) < 4.78 is 0. The Balaban J connectivity index is 0.00000128. The Labute approximate surface area is 107 Å². The van der Waals surface area contributed by atoms with Crippen LogP contribution in [0.1, 0.15) is 28.3 Å². The predicted octanol–water partition coefficient (Wildman–Crippen LogP) is 3.83. The van der Waals surface area contributed by atoms with E-state index in [4.69, 9.17) is 5.73 Å². The third-order valence-corrected chi connectivity index (χ3v) is 3.46. The van der Waals surface area contributed by atoms with E-state index in [9.17, 15) is 0 Å². The molecule has 16 heavy (non-hydrogen) atoms. The molecule has 2 N–H and O–H groups in total. The van der Waals surface area contributed by atoms with E-state index in [0.717, 1.165) is 0 Å². The van der Waals surface area contributed by atoms with Crippen LogP contribution in [0.25, 0.3) is 0 Å². The summed E-state index contributed by atoms with van der Waals surface area (Å²) in [7, 11) is 0. The molecule has 0 fully saturated rings. The molecule has 0 radical (unpaired) electrons. The molecule has 86 valence electrons. The molecule has 0 spiro atoms. The number of halogens is 1. The predicted molar refractivity (Wildman–Crippen MR) is 73.5 cm³/mol. The van der Waals surface area contributed by atoms with Crippen molar-refractivity contribution in [3.63, 3.8) is 0 Å². The maximum Gasteiger partial charge on any atom is 0.0565 e. The molecule has 0 bridgehead atoms. The summed E-state index contributed by atoms with van der Waals surface area (Å²) in [5.74, 6) is 0. The normalized spacial score (nSPS) is 11.9. The van der Waals surface area contributed by atoms with Gasteiger partial charge >= 0.3 is 0 Å². The summed E-state index contributed by atoms with van der Waals surface area (Å²) in [6.07, 6.45) is 0. The molecule has 0 saturated carbocycles. The Morgan fingerprint density at radius 1 is 1.12 bits per heavy atom. The standard InChI is InChI=1S/C13H15NS.ClH/c1-9-4-3-5-10(2)12(9)13(14)11-6-7-15-8-11;/h3-8,13H,14H2,1-2H3;1H/t13-;/m0./s1. The van der Waals surface area contributed by atoms with Gasteiger partial charge in [-0.2, -0.15) is 11.3 Å². The highest BCUT2D eigenvalue weighted by Crippen LogP contribution is 2.26. The molecular formula is C13H16ClNS. The first-order valence-corrected chi connectivity index (χ1v) is 5.98. The van der Waals surface area contributed by atoms with Crippen molar-refractivity contribution >= 4 is 23.7 Å². The monoisotopic (exact) mass is 253 g/mol. The zero-order valence-electron chi connectivity index (χ0n) is 9.44. The van der Waals surface area contributed by atoms with Gasteiger partial charge in [0.25, 0.3) is 0 Å². The Morgan fingerprint density at radius 2 is 1.75 bits per heavy atom. The van der Waals surface area contributed by atoms with Gasteiger partial charge < -0.3 is 5.73 Å². The maximum atomic E-state index is 6.27. The van der Waals surface area contributed by atoms with Crippen molar-refractivity contribution in [3.05, 3.63) is 57.3 Å². The third kappa shape index (κ3) is 2.46. The van der Waals surface area contributed by atoms with E-state index in [1.807, 2.05) is 0 Å². The Bertz CT molecular complexity index is 431. The zero-order valence-corrected chi connectivity index (χ0v) is 11.1. The maximum absolute atomic E-state index is 6.27. The Hall–Kier alpha value is -0.830. The highest BCUT2D eigenvalue weighted by Gasteiger charge is 2.13. The fourth-order valence-corrected chi connectivity index (χ4v) is 2.63. The summed E-state index contributed by atoms with van der Waals surface area (Å²) >= 11 is 1.69. The van der Waals surface area contributed by atoms with Crippen molar-refractivity contribution in [1.29, 1.82) is 0 Å². The number of benzene rings is 1. The molecule has 0 amide bonds. The molecule has 1 aromatic carbocycles. The van der Waals surface area contributed by atoms with Gasteiger partial charge in [-0.25, -0.2) is 0 Å². The second kappa shape index (κ2) is 5.48. The first-order chi connectivity index (χ1) is 7.20. The van der Waals surface area contributed by atoms with E-state index in [1.54, 1.807) is 11.3 Å². The third-order valence-electron chi connectivity index (χ3n) is 2.76. The molecule has 0 aliphatic rings. The summed E-state index contributed by atoms with van der Waals surface area (Å²) in [6, 6.07) is 8.43. The van der Waals surface area contributed by atoms with Gasteiger partial charge in [0.2, 0.25) is 0 Å². The molecule has 1 heterocycles. The Kier molecular flexibility index (Phi) is 4.54. The molecule has 2 rings (SSSR count). The van der Waals surface area contributed by atoms with Crippen molar-refractivity contribution in [2.45, 2.75) is 19.9 Å². The SMILES string of the molecule is Cc1cccc(C)c1[C@@H](N)c1ccsc1.Cl. The van der Waals surface area contributed by atoms with Crippen LogP contribution < -0.4 is 5.73 Å². The van der Waals surface area contributed by atoms with Crippen molar-refractivity contribution in [3.8, 4) is 0 Å². The minimum absolute atomic E-state index is 0. The summed E-state index contributed by atoms with van der Waals surface area (Å²) in [5.41, 5.74) is 11.3.